The van der Waals surface area contributed by atoms with Gasteiger partial charge < -0.3 is 9.45 Å². The second kappa shape index (κ2) is 12.9. The largest absolute Gasteiger partial charge is 0.741 e. The van der Waals surface area contributed by atoms with Crippen LogP contribution in [0.3, 0.4) is 0 Å². The van der Waals surface area contributed by atoms with Crippen LogP contribution in [0.4, 0.5) is 77.2 Å². The van der Waals surface area contributed by atoms with Crippen molar-refractivity contribution in [2.75, 3.05) is 19.0 Å². The lowest BCUT2D eigenvalue weighted by molar-refractivity contribution is -0.404. The van der Waals surface area contributed by atoms with E-state index >= 15 is 26.3 Å². The second-order valence-electron chi connectivity index (χ2n) is 13.3. The first kappa shape index (κ1) is 41.4. The van der Waals surface area contributed by atoms with Crippen LogP contribution >= 0.6 is 0 Å². The molecule has 0 N–H and O–H groups in total. The standard InChI is InChI=1S/C33H21F12N2.CHF3O3S/c1-32(2)10(46(5)30-16(32)12-14(22(38)28(30)44)20(36)26(42)24(40)18(12)34)8-7-9-11-33(3,4)17-13-15(21(37)27(43)25(41)19(13)35)23(39)29(45)31(17)47(11)6;2-1(3,4)8(5,6)7/h7-9H,1-6H3;(H,5,6,7)/q+1;/p-1. The molecule has 2 heterocycles. The molecular formula is C34H21F15N2O3S. The SMILES string of the molecule is CN1/C(=C/C=C/C2=[N+](C)c3c(F)c(F)c4c(F)c(F)c(F)c(F)c4c3C2(C)C)C(C)(C)c2c1c(F)c(F)c1c(F)c(F)c(F)c(F)c21.O=S(=O)([O-])C(F)(F)F. The molecule has 2 aliphatic heterocycles. The number of anilines is 1. The highest BCUT2D eigenvalue weighted by Gasteiger charge is 2.50. The molecule has 55 heavy (non-hydrogen) atoms. The molecule has 0 fully saturated rings. The van der Waals surface area contributed by atoms with Gasteiger partial charge in [-0.15, -0.1) is 0 Å². The minimum atomic E-state index is -6.09. The van der Waals surface area contributed by atoms with E-state index in [1.54, 1.807) is 0 Å². The molecule has 0 spiro atoms. The fraction of sp³-hybridized carbons (Fsp3) is 0.265. The molecule has 0 aromatic heterocycles. The van der Waals surface area contributed by atoms with E-state index < -0.39 is 140 Å². The molecular weight excluding hydrogens is 801 g/mol. The van der Waals surface area contributed by atoms with Gasteiger partial charge in [-0.25, -0.2) is 56.7 Å². The number of hydrogen-bond acceptors (Lipinski definition) is 4. The summed E-state index contributed by atoms with van der Waals surface area (Å²) in [4.78, 5) is 1.08. The van der Waals surface area contributed by atoms with Crippen LogP contribution in [0.1, 0.15) is 38.8 Å². The molecule has 0 aliphatic carbocycles. The Kier molecular flexibility index (Phi) is 9.69. The Labute approximate surface area is 300 Å². The van der Waals surface area contributed by atoms with Crippen LogP contribution in [0.5, 0.6) is 0 Å². The van der Waals surface area contributed by atoms with Crippen molar-refractivity contribution in [3.63, 3.8) is 0 Å². The molecule has 0 unspecified atom stereocenters. The fourth-order valence-electron chi connectivity index (χ4n) is 7.08. The number of hydrogen-bond donors (Lipinski definition) is 0. The Morgan fingerprint density at radius 2 is 0.964 bits per heavy atom. The van der Waals surface area contributed by atoms with E-state index in [4.69, 9.17) is 13.0 Å². The van der Waals surface area contributed by atoms with Gasteiger partial charge in [-0.05, 0) is 19.9 Å². The first-order valence-corrected chi connectivity index (χ1v) is 16.5. The lowest BCUT2D eigenvalue weighted by atomic mass is 9.78. The highest BCUT2D eigenvalue weighted by atomic mass is 32.2. The smallest absolute Gasteiger partial charge is 0.485 e. The van der Waals surface area contributed by atoms with Crippen molar-refractivity contribution in [2.24, 2.45) is 0 Å². The van der Waals surface area contributed by atoms with E-state index in [1.807, 2.05) is 0 Å². The van der Waals surface area contributed by atoms with E-state index in [-0.39, 0.29) is 11.4 Å². The number of likely N-dealkylation sites (N-methyl/N-ethyl adjacent to an activating group) is 1. The summed E-state index contributed by atoms with van der Waals surface area (Å²) in [6.07, 6.45) is 3.91. The lowest BCUT2D eigenvalue weighted by Crippen LogP contribution is -2.27. The normalized spacial score (nSPS) is 17.2. The summed E-state index contributed by atoms with van der Waals surface area (Å²) in [5.74, 6) is -24.4. The Bertz CT molecular complexity index is 2610. The van der Waals surface area contributed by atoms with Crippen LogP contribution < -0.4 is 4.90 Å². The molecule has 0 amide bonds. The first-order chi connectivity index (χ1) is 25.0. The van der Waals surface area contributed by atoms with Gasteiger partial charge in [0.1, 0.15) is 7.05 Å². The Balaban J connectivity index is 0.000000654. The van der Waals surface area contributed by atoms with Crippen molar-refractivity contribution < 1.29 is 83.4 Å². The predicted molar refractivity (Wildman–Crippen MR) is 166 cm³/mol. The summed E-state index contributed by atoms with van der Waals surface area (Å²) in [5.41, 5.74) is -10.4. The van der Waals surface area contributed by atoms with Gasteiger partial charge in [-0.3, -0.25) is 0 Å². The van der Waals surface area contributed by atoms with Crippen LogP contribution in [-0.2, 0) is 20.9 Å². The van der Waals surface area contributed by atoms with Gasteiger partial charge in [0, 0.05) is 40.6 Å². The zero-order chi connectivity index (χ0) is 42.0. The zero-order valence-electron chi connectivity index (χ0n) is 28.4. The number of halogens is 15. The molecule has 2 aliphatic rings. The molecule has 0 atom stereocenters. The third kappa shape index (κ3) is 5.74. The molecule has 0 bridgehead atoms. The average Bonchev–Trinajstić information content (AvgIpc) is 3.40. The fourth-order valence-corrected chi connectivity index (χ4v) is 7.08. The summed E-state index contributed by atoms with van der Waals surface area (Å²) in [6, 6.07) is 0. The molecule has 5 nitrogen and oxygen atoms in total. The topological polar surface area (TPSA) is 63.5 Å². The van der Waals surface area contributed by atoms with Gasteiger partial charge in [0.15, 0.2) is 79.8 Å². The lowest BCUT2D eigenvalue weighted by Gasteiger charge is -2.24. The maximum Gasteiger partial charge on any atom is 0.485 e. The molecule has 0 saturated carbocycles. The predicted octanol–water partition coefficient (Wildman–Crippen LogP) is 9.59. The minimum absolute atomic E-state index is 0.101. The van der Waals surface area contributed by atoms with Crippen molar-refractivity contribution in [3.05, 3.63) is 105 Å². The molecule has 4 aromatic carbocycles. The molecule has 0 saturated heterocycles. The van der Waals surface area contributed by atoms with Crippen molar-refractivity contribution in [1.82, 2.24) is 0 Å². The number of nitrogens with zero attached hydrogens (tertiary/aromatic N) is 2. The quantitative estimate of drug-likeness (QED) is 0.0505. The van der Waals surface area contributed by atoms with Crippen molar-refractivity contribution in [3.8, 4) is 0 Å². The first-order valence-electron chi connectivity index (χ1n) is 15.1. The summed E-state index contributed by atoms with van der Waals surface area (Å²) in [5, 5.41) is -4.85. The van der Waals surface area contributed by atoms with Crippen LogP contribution in [0.15, 0.2) is 23.9 Å². The maximum atomic E-state index is 15.4. The third-order valence-electron chi connectivity index (χ3n) is 9.46. The van der Waals surface area contributed by atoms with Crippen LogP contribution in [0.25, 0.3) is 21.5 Å². The number of allylic oxidation sites excluding steroid dienone is 4. The van der Waals surface area contributed by atoms with Crippen LogP contribution in [0.2, 0.25) is 0 Å². The number of alkyl halides is 3. The van der Waals surface area contributed by atoms with Crippen LogP contribution in [-0.4, -0.2) is 42.9 Å². The molecule has 0 radical (unpaired) electrons. The summed E-state index contributed by atoms with van der Waals surface area (Å²) in [6.45, 7) is 5.59. The molecule has 6 rings (SSSR count). The van der Waals surface area contributed by atoms with Gasteiger partial charge in [-0.1, -0.05) is 19.9 Å². The summed E-state index contributed by atoms with van der Waals surface area (Å²) < 4.78 is 237. The second-order valence-corrected chi connectivity index (χ2v) is 14.7. The van der Waals surface area contributed by atoms with Gasteiger partial charge in [-0.2, -0.15) is 22.1 Å². The van der Waals surface area contributed by atoms with Gasteiger partial charge in [0.25, 0.3) is 0 Å². The highest BCUT2D eigenvalue weighted by molar-refractivity contribution is 7.86. The monoisotopic (exact) mass is 822 g/mol. The van der Waals surface area contributed by atoms with Gasteiger partial charge in [0.05, 0.1) is 27.4 Å². The van der Waals surface area contributed by atoms with E-state index in [0.29, 0.717) is 0 Å². The van der Waals surface area contributed by atoms with Crippen molar-refractivity contribution >= 4 is 48.7 Å². The van der Waals surface area contributed by atoms with E-state index in [0.717, 1.165) is 9.48 Å². The molecule has 21 heteroatoms. The minimum Gasteiger partial charge on any atom is -0.741 e. The number of fused-ring (bicyclic) bond motifs is 6. The molecule has 4 aromatic rings. The average molecular weight is 823 g/mol. The zero-order valence-corrected chi connectivity index (χ0v) is 29.2. The van der Waals surface area contributed by atoms with Crippen molar-refractivity contribution in [1.29, 1.82) is 0 Å². The summed E-state index contributed by atoms with van der Waals surface area (Å²) in [7, 11) is -3.59. The van der Waals surface area contributed by atoms with Crippen LogP contribution in [0, 0.1) is 69.8 Å². The van der Waals surface area contributed by atoms with Crippen molar-refractivity contribution in [2.45, 2.75) is 44.0 Å². The van der Waals surface area contributed by atoms with E-state index in [2.05, 4.69) is 0 Å². The van der Waals surface area contributed by atoms with E-state index in [9.17, 15) is 39.5 Å². The number of rotatable bonds is 2. The number of benzene rings is 4. The Hall–Kier alpha value is -4.79. The Morgan fingerprint density at radius 1 is 0.600 bits per heavy atom. The third-order valence-corrected chi connectivity index (χ3v) is 10.0. The molecule has 296 valence electrons. The summed E-state index contributed by atoms with van der Waals surface area (Å²) >= 11 is 0. The Morgan fingerprint density at radius 3 is 1.38 bits per heavy atom. The maximum absolute atomic E-state index is 15.4. The van der Waals surface area contributed by atoms with Gasteiger partial charge in [0.2, 0.25) is 11.5 Å². The highest BCUT2D eigenvalue weighted by Crippen LogP contribution is 2.54. The van der Waals surface area contributed by atoms with E-state index in [1.165, 1.54) is 60.0 Å². The van der Waals surface area contributed by atoms with Gasteiger partial charge >= 0.3 is 5.51 Å².